The van der Waals surface area contributed by atoms with Gasteiger partial charge in [0.05, 0.1) is 0 Å². The smallest absolute Gasteiger partial charge is 0.140 e. The summed E-state index contributed by atoms with van der Waals surface area (Å²) in [6.07, 6.45) is 0. The molecule has 2 N–H and O–H groups in total. The van der Waals surface area contributed by atoms with Gasteiger partial charge in [0, 0.05) is 117 Å². The van der Waals surface area contributed by atoms with E-state index in [1.165, 1.54) is 11.1 Å². The van der Waals surface area contributed by atoms with Crippen molar-refractivity contribution in [2.45, 2.75) is 38.1 Å². The highest BCUT2D eigenvalue weighted by atomic mass is 16.3. The maximum Gasteiger partial charge on any atom is 0.140 e. The number of aliphatic hydroxyl groups is 2. The van der Waals surface area contributed by atoms with Crippen molar-refractivity contribution in [2.24, 2.45) is 0 Å². The van der Waals surface area contributed by atoms with Crippen LogP contribution in [-0.4, -0.2) is 79.7 Å². The van der Waals surface area contributed by atoms with E-state index in [-0.39, 0.29) is 0 Å². The zero-order valence-corrected chi connectivity index (χ0v) is 40.6. The maximum atomic E-state index is 12.7. The van der Waals surface area contributed by atoms with Gasteiger partial charge >= 0.3 is 0 Å². The van der Waals surface area contributed by atoms with Gasteiger partial charge in [0.1, 0.15) is 11.2 Å². The predicted molar refractivity (Wildman–Crippen MR) is 280 cm³/mol. The lowest BCUT2D eigenvalue weighted by Gasteiger charge is -2.32. The van der Waals surface area contributed by atoms with Crippen LogP contribution < -0.4 is 29.4 Å². The van der Waals surface area contributed by atoms with Gasteiger partial charge < -0.3 is 39.6 Å². The predicted octanol–water partition coefficient (Wildman–Crippen LogP) is 10.6. The highest BCUT2D eigenvalue weighted by molar-refractivity contribution is 5.60. The third-order valence-corrected chi connectivity index (χ3v) is 13.0. The Morgan fingerprint density at radius 1 is 0.288 bits per heavy atom. The van der Waals surface area contributed by atoms with Crippen molar-refractivity contribution in [3.8, 4) is 0 Å². The first-order valence-electron chi connectivity index (χ1n) is 23.0. The molecule has 8 nitrogen and oxygen atoms in total. The van der Waals surface area contributed by atoms with E-state index in [0.717, 1.165) is 93.7 Å². The molecule has 66 heavy (non-hydrogen) atoms. The summed E-state index contributed by atoms with van der Waals surface area (Å²) in [6.45, 7) is 7.56. The second-order valence-corrected chi connectivity index (χ2v) is 18.1. The molecule has 0 radical (unpaired) electrons. The zero-order valence-electron chi connectivity index (χ0n) is 40.6. The molecule has 0 saturated carbocycles. The van der Waals surface area contributed by atoms with Gasteiger partial charge in [0.25, 0.3) is 0 Å². The highest BCUT2D eigenvalue weighted by Gasteiger charge is 2.35. The van der Waals surface area contributed by atoms with E-state index in [1.54, 1.807) is 0 Å². The third kappa shape index (κ3) is 9.91. The van der Waals surface area contributed by atoms with E-state index >= 15 is 0 Å². The summed E-state index contributed by atoms with van der Waals surface area (Å²) in [5.74, 6) is 0. The molecule has 0 aliphatic rings. The van der Waals surface area contributed by atoms with Crippen molar-refractivity contribution >= 4 is 34.1 Å². The van der Waals surface area contributed by atoms with Gasteiger partial charge in [-0.2, -0.15) is 0 Å². The van der Waals surface area contributed by atoms with Gasteiger partial charge in [-0.3, -0.25) is 0 Å². The number of anilines is 6. The molecular formula is C58H68N6O2. The fourth-order valence-corrected chi connectivity index (χ4v) is 8.79. The van der Waals surface area contributed by atoms with E-state index < -0.39 is 11.2 Å². The van der Waals surface area contributed by atoms with Crippen molar-refractivity contribution in [3.05, 3.63) is 214 Å². The second kappa shape index (κ2) is 20.2. The fraction of sp³-hybridized carbons (Fsp3) is 0.276. The van der Waals surface area contributed by atoms with Gasteiger partial charge in [0.2, 0.25) is 0 Å². The van der Waals surface area contributed by atoms with Crippen LogP contribution in [0, 0.1) is 0 Å². The van der Waals surface area contributed by atoms with E-state index in [0.29, 0.717) is 0 Å². The minimum atomic E-state index is -1.34. The SMILES string of the molecule is CCN(Cc1ccc(CN(CC)c2ccc(C(O)(c3ccc(N(C)C)cc3)c3ccc(N(C)C)cc3)cc2)cc1)c1ccc(C(O)(c2ccc(N(C)C)cc2)c2ccc(N(C)C)cc2)cc1. The fourth-order valence-electron chi connectivity index (χ4n) is 8.79. The van der Waals surface area contributed by atoms with Gasteiger partial charge in [-0.15, -0.1) is 0 Å². The van der Waals surface area contributed by atoms with E-state index in [4.69, 9.17) is 0 Å². The summed E-state index contributed by atoms with van der Waals surface area (Å²) in [5.41, 5.74) is 11.2. The van der Waals surface area contributed by atoms with E-state index in [2.05, 4.69) is 165 Å². The van der Waals surface area contributed by atoms with Crippen LogP contribution in [0.2, 0.25) is 0 Å². The first-order valence-corrected chi connectivity index (χ1v) is 23.0. The van der Waals surface area contributed by atoms with E-state index in [1.807, 2.05) is 105 Å². The Morgan fingerprint density at radius 2 is 0.470 bits per heavy atom. The Kier molecular flexibility index (Phi) is 14.5. The quantitative estimate of drug-likeness (QED) is 0.0827. The molecule has 0 aliphatic carbocycles. The van der Waals surface area contributed by atoms with Gasteiger partial charge in [0.15, 0.2) is 0 Å². The van der Waals surface area contributed by atoms with Gasteiger partial charge in [-0.1, -0.05) is 97.1 Å². The van der Waals surface area contributed by atoms with Crippen molar-refractivity contribution < 1.29 is 10.2 Å². The molecule has 8 heteroatoms. The number of nitrogens with zero attached hydrogens (tertiary/aromatic N) is 6. The average Bonchev–Trinajstić information content (AvgIpc) is 3.35. The molecule has 342 valence electrons. The molecule has 0 heterocycles. The van der Waals surface area contributed by atoms with Crippen LogP contribution in [0.3, 0.4) is 0 Å². The zero-order chi connectivity index (χ0) is 47.2. The normalized spacial score (nSPS) is 11.6. The maximum absolute atomic E-state index is 12.7. The highest BCUT2D eigenvalue weighted by Crippen LogP contribution is 2.41. The first kappa shape index (κ1) is 47.2. The molecule has 0 aliphatic heterocycles. The van der Waals surface area contributed by atoms with Crippen LogP contribution in [0.15, 0.2) is 170 Å². The average molecular weight is 881 g/mol. The molecule has 7 aromatic rings. The summed E-state index contributed by atoms with van der Waals surface area (Å²) >= 11 is 0. The van der Waals surface area contributed by atoms with Crippen LogP contribution >= 0.6 is 0 Å². The van der Waals surface area contributed by atoms with E-state index in [9.17, 15) is 10.2 Å². The van der Waals surface area contributed by atoms with Crippen LogP contribution in [0.5, 0.6) is 0 Å². The number of hydrogen-bond donors (Lipinski definition) is 2. The molecule has 0 fully saturated rings. The Labute approximate surface area is 394 Å². The molecule has 0 bridgehead atoms. The third-order valence-electron chi connectivity index (χ3n) is 13.0. The van der Waals surface area contributed by atoms with Crippen LogP contribution in [-0.2, 0) is 24.3 Å². The monoisotopic (exact) mass is 881 g/mol. The first-order chi connectivity index (χ1) is 31.6. The number of hydrogen-bond acceptors (Lipinski definition) is 8. The number of rotatable bonds is 18. The lowest BCUT2D eigenvalue weighted by atomic mass is 9.80. The Morgan fingerprint density at radius 3 is 0.636 bits per heavy atom. The minimum Gasteiger partial charge on any atom is -0.378 e. The topological polar surface area (TPSA) is 59.9 Å². The molecule has 0 spiro atoms. The Bertz CT molecular complexity index is 2320. The van der Waals surface area contributed by atoms with Gasteiger partial charge in [-0.05, 0) is 131 Å². The Hall–Kier alpha value is -6.74. The lowest BCUT2D eigenvalue weighted by Crippen LogP contribution is -2.29. The van der Waals surface area contributed by atoms with Crippen molar-refractivity contribution in [1.29, 1.82) is 0 Å². The molecule has 0 unspecified atom stereocenters. The lowest BCUT2D eigenvalue weighted by molar-refractivity contribution is 0.125. The van der Waals surface area contributed by atoms with Crippen LogP contribution in [0.1, 0.15) is 58.4 Å². The summed E-state index contributed by atoms with van der Waals surface area (Å²) in [7, 11) is 16.2. The minimum absolute atomic E-state index is 0.760. The largest absolute Gasteiger partial charge is 0.378 e. The molecule has 0 amide bonds. The summed E-state index contributed by atoms with van der Waals surface area (Å²) < 4.78 is 0. The summed E-state index contributed by atoms with van der Waals surface area (Å²) in [5, 5.41) is 25.4. The van der Waals surface area contributed by atoms with Gasteiger partial charge in [-0.25, -0.2) is 0 Å². The summed E-state index contributed by atoms with van der Waals surface area (Å²) in [4.78, 5) is 13.0. The standard InChI is InChI=1S/C58H68N6O2/c1-11-63(55-37-25-49(26-38-55)57(65,45-17-29-51(30-18-45)59(3)4)46-19-31-52(32-20-46)60(5)6)41-43-13-15-44(16-14-43)42-64(12-2)56-39-27-50(28-40-56)58(66,47-21-33-53(34-22-47)61(7)8)48-23-35-54(36-24-48)62(9)10/h13-40,65-66H,11-12,41-42H2,1-10H3. The Balaban J connectivity index is 1.07. The molecule has 0 saturated heterocycles. The van der Waals surface area contributed by atoms with Crippen molar-refractivity contribution in [3.63, 3.8) is 0 Å². The van der Waals surface area contributed by atoms with Crippen molar-refractivity contribution in [2.75, 3.05) is 98.9 Å². The second-order valence-electron chi connectivity index (χ2n) is 18.1. The summed E-state index contributed by atoms with van der Waals surface area (Å²) in [6, 6.07) is 58.5. The molecular weight excluding hydrogens is 813 g/mol. The molecule has 7 aromatic carbocycles. The van der Waals surface area contributed by atoms with Crippen LogP contribution in [0.25, 0.3) is 0 Å². The molecule has 0 atom stereocenters. The molecule has 7 rings (SSSR count). The number of benzene rings is 7. The van der Waals surface area contributed by atoms with Crippen molar-refractivity contribution in [1.82, 2.24) is 0 Å². The molecule has 0 aromatic heterocycles. The van der Waals surface area contributed by atoms with Crippen LogP contribution in [0.4, 0.5) is 34.1 Å².